The fourth-order valence-corrected chi connectivity index (χ4v) is 3.50. The first-order chi connectivity index (χ1) is 7.69. The first-order valence-corrected chi connectivity index (χ1v) is 6.91. The first-order valence-electron chi connectivity index (χ1n) is 5.51. The van der Waals surface area contributed by atoms with Gasteiger partial charge in [-0.3, -0.25) is 0 Å². The second-order valence-electron chi connectivity index (χ2n) is 4.42. The molecular formula is C13H16O2S. The molecule has 1 aromatic rings. The van der Waals surface area contributed by atoms with E-state index in [2.05, 4.69) is 6.26 Å². The highest BCUT2D eigenvalue weighted by molar-refractivity contribution is 7.98. The largest absolute Gasteiger partial charge is 0.478 e. The molecule has 86 valence electrons. The van der Waals surface area contributed by atoms with Crippen LogP contribution in [0.5, 0.6) is 0 Å². The van der Waals surface area contributed by atoms with E-state index in [4.69, 9.17) is 0 Å². The van der Waals surface area contributed by atoms with Crippen molar-refractivity contribution in [3.63, 3.8) is 0 Å². The number of rotatable bonds is 4. The summed E-state index contributed by atoms with van der Waals surface area (Å²) in [6, 6.07) is 7.46. The highest BCUT2D eigenvalue weighted by Gasteiger charge is 2.40. The lowest BCUT2D eigenvalue weighted by Crippen LogP contribution is -2.38. The Balaban J connectivity index is 2.41. The summed E-state index contributed by atoms with van der Waals surface area (Å²) in [5.41, 5.74) is 1.63. The lowest BCUT2D eigenvalue weighted by atomic mass is 9.64. The summed E-state index contributed by atoms with van der Waals surface area (Å²) in [6.07, 6.45) is 5.55. The monoisotopic (exact) mass is 236 g/mol. The first kappa shape index (κ1) is 11.5. The number of carboxylic acids is 1. The van der Waals surface area contributed by atoms with Gasteiger partial charge >= 0.3 is 5.97 Å². The number of thioether (sulfide) groups is 1. The van der Waals surface area contributed by atoms with E-state index in [0.29, 0.717) is 5.56 Å². The Kier molecular flexibility index (Phi) is 3.24. The van der Waals surface area contributed by atoms with Crippen molar-refractivity contribution in [1.29, 1.82) is 0 Å². The van der Waals surface area contributed by atoms with E-state index in [9.17, 15) is 9.90 Å². The van der Waals surface area contributed by atoms with Gasteiger partial charge in [-0.25, -0.2) is 4.79 Å². The van der Waals surface area contributed by atoms with E-state index in [0.717, 1.165) is 24.2 Å². The molecule has 0 aromatic heterocycles. The van der Waals surface area contributed by atoms with E-state index in [-0.39, 0.29) is 5.41 Å². The van der Waals surface area contributed by atoms with Gasteiger partial charge in [0.25, 0.3) is 0 Å². The van der Waals surface area contributed by atoms with Crippen LogP contribution in [0.2, 0.25) is 0 Å². The van der Waals surface area contributed by atoms with Crippen molar-refractivity contribution in [2.45, 2.75) is 24.7 Å². The minimum Gasteiger partial charge on any atom is -0.478 e. The van der Waals surface area contributed by atoms with Gasteiger partial charge in [-0.05, 0) is 30.7 Å². The summed E-state index contributed by atoms with van der Waals surface area (Å²) in [5, 5.41) is 9.21. The third-order valence-electron chi connectivity index (χ3n) is 3.46. The van der Waals surface area contributed by atoms with Crippen molar-refractivity contribution in [2.75, 3.05) is 12.0 Å². The van der Waals surface area contributed by atoms with Gasteiger partial charge in [0.15, 0.2) is 0 Å². The van der Waals surface area contributed by atoms with Gasteiger partial charge in [0, 0.05) is 11.2 Å². The predicted molar refractivity (Wildman–Crippen MR) is 67.3 cm³/mol. The van der Waals surface area contributed by atoms with Crippen LogP contribution in [0.1, 0.15) is 35.2 Å². The third kappa shape index (κ3) is 1.84. The number of benzene rings is 1. The summed E-state index contributed by atoms with van der Waals surface area (Å²) in [5.74, 6) is 0.222. The minimum atomic E-state index is -0.803. The quantitative estimate of drug-likeness (QED) is 0.872. The molecular weight excluding hydrogens is 220 g/mol. The molecule has 1 saturated carbocycles. The number of carbonyl (C=O) groups is 1. The van der Waals surface area contributed by atoms with Gasteiger partial charge in [-0.2, -0.15) is 11.8 Å². The maximum atomic E-state index is 11.2. The van der Waals surface area contributed by atoms with Crippen LogP contribution in [0.15, 0.2) is 24.3 Å². The zero-order valence-electron chi connectivity index (χ0n) is 9.40. The molecule has 0 aliphatic heterocycles. The molecule has 0 spiro atoms. The summed E-state index contributed by atoms with van der Waals surface area (Å²) >= 11 is 1.81. The van der Waals surface area contributed by atoms with Crippen molar-refractivity contribution in [1.82, 2.24) is 0 Å². The third-order valence-corrected chi connectivity index (χ3v) is 4.30. The smallest absolute Gasteiger partial charge is 0.335 e. The van der Waals surface area contributed by atoms with E-state index < -0.39 is 5.97 Å². The Hall–Kier alpha value is -0.960. The van der Waals surface area contributed by atoms with Crippen LogP contribution in [-0.2, 0) is 5.41 Å². The standard InChI is InChI=1S/C13H16O2S/c1-16-9-13(7-4-8-13)11-6-3-2-5-10(11)12(14)15/h2-3,5-6H,4,7-9H2,1H3,(H,14,15). The van der Waals surface area contributed by atoms with Crippen LogP contribution < -0.4 is 0 Å². The molecule has 1 fully saturated rings. The second kappa shape index (κ2) is 4.50. The number of hydrogen-bond acceptors (Lipinski definition) is 2. The number of carboxylic acid groups (broad SMARTS) is 1. The number of aromatic carboxylic acids is 1. The lowest BCUT2D eigenvalue weighted by molar-refractivity contribution is 0.0692. The van der Waals surface area contributed by atoms with Crippen LogP contribution in [-0.4, -0.2) is 23.1 Å². The van der Waals surface area contributed by atoms with E-state index in [1.165, 1.54) is 6.42 Å². The molecule has 0 radical (unpaired) electrons. The van der Waals surface area contributed by atoms with Crippen LogP contribution in [0, 0.1) is 0 Å². The molecule has 1 aliphatic rings. The van der Waals surface area contributed by atoms with E-state index >= 15 is 0 Å². The van der Waals surface area contributed by atoms with Crippen LogP contribution in [0.4, 0.5) is 0 Å². The Morgan fingerprint density at radius 2 is 2.12 bits per heavy atom. The lowest BCUT2D eigenvalue weighted by Gasteiger charge is -2.42. The summed E-state index contributed by atoms with van der Waals surface area (Å²) in [6.45, 7) is 0. The summed E-state index contributed by atoms with van der Waals surface area (Å²) < 4.78 is 0. The average molecular weight is 236 g/mol. The highest BCUT2D eigenvalue weighted by atomic mass is 32.2. The summed E-state index contributed by atoms with van der Waals surface area (Å²) in [4.78, 5) is 11.2. The van der Waals surface area contributed by atoms with E-state index in [1.807, 2.05) is 12.1 Å². The minimum absolute atomic E-state index is 0.119. The zero-order valence-corrected chi connectivity index (χ0v) is 10.2. The molecule has 0 saturated heterocycles. The number of hydrogen-bond donors (Lipinski definition) is 1. The highest BCUT2D eigenvalue weighted by Crippen LogP contribution is 2.46. The van der Waals surface area contributed by atoms with Crippen molar-refractivity contribution in [3.8, 4) is 0 Å². The predicted octanol–water partition coefficient (Wildman–Crippen LogP) is 3.17. The fraction of sp³-hybridized carbons (Fsp3) is 0.462. The molecule has 0 unspecified atom stereocenters. The SMILES string of the molecule is CSCC1(c2ccccc2C(=O)O)CCC1. The maximum Gasteiger partial charge on any atom is 0.335 e. The van der Waals surface area contributed by atoms with Crippen molar-refractivity contribution in [3.05, 3.63) is 35.4 Å². The second-order valence-corrected chi connectivity index (χ2v) is 5.28. The molecule has 0 bridgehead atoms. The molecule has 2 rings (SSSR count). The normalized spacial score (nSPS) is 17.8. The molecule has 2 nitrogen and oxygen atoms in total. The van der Waals surface area contributed by atoms with Crippen LogP contribution in [0.25, 0.3) is 0 Å². The van der Waals surface area contributed by atoms with Crippen molar-refractivity contribution in [2.24, 2.45) is 0 Å². The Bertz CT molecular complexity index is 397. The Labute approximate surface area is 100 Å². The molecule has 0 atom stereocenters. The molecule has 0 amide bonds. The van der Waals surface area contributed by atoms with Crippen LogP contribution in [0.3, 0.4) is 0 Å². The van der Waals surface area contributed by atoms with Crippen LogP contribution >= 0.6 is 11.8 Å². The Morgan fingerprint density at radius 1 is 1.44 bits per heavy atom. The maximum absolute atomic E-state index is 11.2. The van der Waals surface area contributed by atoms with Gasteiger partial charge in [0.1, 0.15) is 0 Å². The van der Waals surface area contributed by atoms with Gasteiger partial charge in [0.2, 0.25) is 0 Å². The van der Waals surface area contributed by atoms with Gasteiger partial charge < -0.3 is 5.11 Å². The van der Waals surface area contributed by atoms with Crippen molar-refractivity contribution >= 4 is 17.7 Å². The molecule has 1 aromatic carbocycles. The fourth-order valence-electron chi connectivity index (χ4n) is 2.50. The van der Waals surface area contributed by atoms with Crippen molar-refractivity contribution < 1.29 is 9.90 Å². The average Bonchev–Trinajstić information content (AvgIpc) is 2.23. The molecule has 0 heterocycles. The van der Waals surface area contributed by atoms with E-state index in [1.54, 1.807) is 23.9 Å². The molecule has 16 heavy (non-hydrogen) atoms. The Morgan fingerprint density at radius 3 is 2.62 bits per heavy atom. The molecule has 1 N–H and O–H groups in total. The van der Waals surface area contributed by atoms with Gasteiger partial charge in [-0.1, -0.05) is 24.6 Å². The zero-order chi connectivity index (χ0) is 11.6. The summed E-state index contributed by atoms with van der Waals surface area (Å²) in [7, 11) is 0. The topological polar surface area (TPSA) is 37.3 Å². The van der Waals surface area contributed by atoms with Gasteiger partial charge in [0.05, 0.1) is 5.56 Å². The molecule has 3 heteroatoms. The molecule has 1 aliphatic carbocycles. The van der Waals surface area contributed by atoms with Gasteiger partial charge in [-0.15, -0.1) is 0 Å².